The fourth-order valence-electron chi connectivity index (χ4n) is 3.47. The molecule has 23 heavy (non-hydrogen) atoms. The van der Waals surface area contributed by atoms with Crippen molar-refractivity contribution < 1.29 is 4.79 Å². The lowest BCUT2D eigenvalue weighted by Crippen LogP contribution is -2.35. The highest BCUT2D eigenvalue weighted by molar-refractivity contribution is 6.00. The standard InChI is InChI=1S/C18H26N4O/c1-14-6-7-17-16(10-19-22(17)13-14)18(23)20(3)11-15(2)12-21-8-4-5-9-21/h6-7,10,13,15H,4-5,8-9,11-12H2,1-3H3. The third-order valence-electron chi connectivity index (χ3n) is 4.60. The predicted molar refractivity (Wildman–Crippen MR) is 91.7 cm³/mol. The lowest BCUT2D eigenvalue weighted by Gasteiger charge is -2.25. The van der Waals surface area contributed by atoms with Crippen LogP contribution in [0.3, 0.4) is 0 Å². The molecule has 1 amide bonds. The number of pyridine rings is 1. The van der Waals surface area contributed by atoms with Crippen LogP contribution in [0.5, 0.6) is 0 Å². The SMILES string of the molecule is Cc1ccc2c(C(=O)N(C)CC(C)CN3CCCC3)cnn2c1. The summed E-state index contributed by atoms with van der Waals surface area (Å²) in [5.74, 6) is 0.531. The molecule has 1 atom stereocenters. The van der Waals surface area contributed by atoms with Gasteiger partial charge in [-0.15, -0.1) is 0 Å². The molecular weight excluding hydrogens is 288 g/mol. The largest absolute Gasteiger partial charge is 0.341 e. The Bertz CT molecular complexity index is 687. The fourth-order valence-corrected chi connectivity index (χ4v) is 3.47. The molecule has 0 N–H and O–H groups in total. The van der Waals surface area contributed by atoms with Crippen molar-refractivity contribution >= 4 is 11.4 Å². The summed E-state index contributed by atoms with van der Waals surface area (Å²) in [6, 6.07) is 3.99. The van der Waals surface area contributed by atoms with Gasteiger partial charge < -0.3 is 9.80 Å². The summed E-state index contributed by atoms with van der Waals surface area (Å²) >= 11 is 0. The van der Waals surface area contributed by atoms with E-state index in [1.807, 2.05) is 37.2 Å². The minimum atomic E-state index is 0.0529. The first-order valence-electron chi connectivity index (χ1n) is 8.46. The number of aryl methyl sites for hydroxylation is 1. The Morgan fingerprint density at radius 2 is 2.09 bits per heavy atom. The van der Waals surface area contributed by atoms with Gasteiger partial charge in [0.05, 0.1) is 17.3 Å². The number of carbonyl (C=O) groups excluding carboxylic acids is 1. The van der Waals surface area contributed by atoms with Gasteiger partial charge in [0.1, 0.15) is 0 Å². The van der Waals surface area contributed by atoms with E-state index in [4.69, 9.17) is 0 Å². The smallest absolute Gasteiger partial charge is 0.257 e. The van der Waals surface area contributed by atoms with Crippen molar-refractivity contribution in [1.82, 2.24) is 19.4 Å². The second-order valence-corrected chi connectivity index (χ2v) is 6.89. The van der Waals surface area contributed by atoms with Gasteiger partial charge >= 0.3 is 0 Å². The van der Waals surface area contributed by atoms with E-state index in [0.29, 0.717) is 11.5 Å². The van der Waals surface area contributed by atoms with Crippen molar-refractivity contribution in [1.29, 1.82) is 0 Å². The molecule has 2 aromatic rings. The molecule has 0 aromatic carbocycles. The van der Waals surface area contributed by atoms with E-state index in [1.54, 1.807) is 10.7 Å². The topological polar surface area (TPSA) is 40.9 Å². The van der Waals surface area contributed by atoms with Crippen LogP contribution in [0.1, 0.15) is 35.7 Å². The number of likely N-dealkylation sites (tertiary alicyclic amines) is 1. The second kappa shape index (κ2) is 6.71. The summed E-state index contributed by atoms with van der Waals surface area (Å²) in [5, 5.41) is 4.31. The molecule has 0 aliphatic carbocycles. The molecular formula is C18H26N4O. The number of amides is 1. The molecule has 1 fully saturated rings. The van der Waals surface area contributed by atoms with Crippen LogP contribution in [0.25, 0.3) is 5.52 Å². The van der Waals surface area contributed by atoms with Gasteiger partial charge in [0.2, 0.25) is 0 Å². The fraction of sp³-hybridized carbons (Fsp3) is 0.556. The summed E-state index contributed by atoms with van der Waals surface area (Å²) in [6.45, 7) is 8.51. The van der Waals surface area contributed by atoms with Crippen molar-refractivity contribution in [2.75, 3.05) is 33.2 Å². The number of fused-ring (bicyclic) bond motifs is 1. The first-order chi connectivity index (χ1) is 11.0. The van der Waals surface area contributed by atoms with Gasteiger partial charge in [-0.2, -0.15) is 5.10 Å². The number of hydrogen-bond acceptors (Lipinski definition) is 3. The Kier molecular flexibility index (Phi) is 4.66. The molecule has 3 heterocycles. The molecule has 1 aliphatic heterocycles. The highest BCUT2D eigenvalue weighted by Gasteiger charge is 2.20. The number of rotatable bonds is 5. The minimum Gasteiger partial charge on any atom is -0.341 e. The minimum absolute atomic E-state index is 0.0529. The zero-order valence-electron chi connectivity index (χ0n) is 14.3. The first kappa shape index (κ1) is 16.0. The molecule has 1 aliphatic rings. The monoisotopic (exact) mass is 314 g/mol. The Balaban J connectivity index is 1.66. The van der Waals surface area contributed by atoms with Gasteiger partial charge in [0, 0.05) is 26.3 Å². The molecule has 0 bridgehead atoms. The maximum Gasteiger partial charge on any atom is 0.257 e. The van der Waals surface area contributed by atoms with Crippen LogP contribution in [0.2, 0.25) is 0 Å². The molecule has 0 spiro atoms. The molecule has 2 aromatic heterocycles. The van der Waals surface area contributed by atoms with Gasteiger partial charge in [-0.25, -0.2) is 4.52 Å². The number of aromatic nitrogens is 2. The lowest BCUT2D eigenvalue weighted by molar-refractivity contribution is 0.0768. The van der Waals surface area contributed by atoms with Crippen molar-refractivity contribution in [3.8, 4) is 0 Å². The summed E-state index contributed by atoms with van der Waals surface area (Å²) in [4.78, 5) is 17.1. The quantitative estimate of drug-likeness (QED) is 0.851. The highest BCUT2D eigenvalue weighted by Crippen LogP contribution is 2.15. The van der Waals surface area contributed by atoms with Crippen LogP contribution in [-0.4, -0.2) is 58.5 Å². The number of hydrogen-bond donors (Lipinski definition) is 0. The van der Waals surface area contributed by atoms with Crippen LogP contribution >= 0.6 is 0 Å². The average Bonchev–Trinajstić information content (AvgIpc) is 3.15. The van der Waals surface area contributed by atoms with E-state index < -0.39 is 0 Å². The van der Waals surface area contributed by atoms with Crippen molar-refractivity contribution in [3.63, 3.8) is 0 Å². The number of nitrogens with zero attached hydrogens (tertiary/aromatic N) is 4. The van der Waals surface area contributed by atoms with Gasteiger partial charge in [-0.1, -0.05) is 13.0 Å². The van der Waals surface area contributed by atoms with E-state index in [1.165, 1.54) is 25.9 Å². The summed E-state index contributed by atoms with van der Waals surface area (Å²) in [5.41, 5.74) is 2.69. The maximum atomic E-state index is 12.7. The van der Waals surface area contributed by atoms with Crippen molar-refractivity contribution in [2.24, 2.45) is 5.92 Å². The highest BCUT2D eigenvalue weighted by atomic mass is 16.2. The zero-order chi connectivity index (χ0) is 16.4. The first-order valence-corrected chi connectivity index (χ1v) is 8.46. The molecule has 3 rings (SSSR count). The Morgan fingerprint density at radius 1 is 1.35 bits per heavy atom. The normalized spacial score (nSPS) is 16.8. The van der Waals surface area contributed by atoms with Crippen LogP contribution in [-0.2, 0) is 0 Å². The third-order valence-corrected chi connectivity index (χ3v) is 4.60. The molecule has 5 heteroatoms. The van der Waals surface area contributed by atoms with Gasteiger partial charge in [-0.05, 0) is 50.4 Å². The summed E-state index contributed by atoms with van der Waals surface area (Å²) in [6.07, 6.45) is 6.24. The van der Waals surface area contributed by atoms with Crippen molar-refractivity contribution in [3.05, 3.63) is 35.7 Å². The van der Waals surface area contributed by atoms with E-state index >= 15 is 0 Å². The van der Waals surface area contributed by atoms with Crippen LogP contribution in [0, 0.1) is 12.8 Å². The van der Waals surface area contributed by atoms with Gasteiger partial charge in [0.25, 0.3) is 5.91 Å². The zero-order valence-corrected chi connectivity index (χ0v) is 14.3. The second-order valence-electron chi connectivity index (χ2n) is 6.89. The molecule has 1 saturated heterocycles. The lowest BCUT2D eigenvalue weighted by atomic mass is 10.1. The van der Waals surface area contributed by atoms with Crippen molar-refractivity contribution in [2.45, 2.75) is 26.7 Å². The van der Waals surface area contributed by atoms with Crippen LogP contribution in [0.15, 0.2) is 24.5 Å². The third kappa shape index (κ3) is 3.55. The molecule has 124 valence electrons. The van der Waals surface area contributed by atoms with Crippen LogP contribution in [0.4, 0.5) is 0 Å². The predicted octanol–water partition coefficient (Wildman–Crippen LogP) is 2.45. The van der Waals surface area contributed by atoms with Gasteiger partial charge in [0.15, 0.2) is 0 Å². The summed E-state index contributed by atoms with van der Waals surface area (Å²) < 4.78 is 1.78. The van der Waals surface area contributed by atoms with E-state index in [0.717, 1.165) is 24.2 Å². The average molecular weight is 314 g/mol. The van der Waals surface area contributed by atoms with E-state index in [9.17, 15) is 4.79 Å². The molecule has 1 unspecified atom stereocenters. The maximum absolute atomic E-state index is 12.7. The Labute approximate surface area is 137 Å². The molecule has 0 saturated carbocycles. The molecule has 5 nitrogen and oxygen atoms in total. The summed E-state index contributed by atoms with van der Waals surface area (Å²) in [7, 11) is 1.89. The van der Waals surface area contributed by atoms with Gasteiger partial charge in [-0.3, -0.25) is 4.79 Å². The van der Waals surface area contributed by atoms with Crippen LogP contribution < -0.4 is 0 Å². The molecule has 0 radical (unpaired) electrons. The van der Waals surface area contributed by atoms with E-state index in [2.05, 4.69) is 16.9 Å². The van der Waals surface area contributed by atoms with E-state index in [-0.39, 0.29) is 5.91 Å². The number of carbonyl (C=O) groups is 1. The Morgan fingerprint density at radius 3 is 2.83 bits per heavy atom. The Hall–Kier alpha value is -1.88.